The predicted molar refractivity (Wildman–Crippen MR) is 111 cm³/mol. The smallest absolute Gasteiger partial charge is 0.326 e. The van der Waals surface area contributed by atoms with E-state index in [9.17, 15) is 29.1 Å². The molecule has 0 saturated heterocycles. The van der Waals surface area contributed by atoms with Crippen molar-refractivity contribution in [3.05, 3.63) is 18.2 Å². The van der Waals surface area contributed by atoms with Gasteiger partial charge in [-0.25, -0.2) is 9.78 Å². The molecular formula is C19H30N6O7. The van der Waals surface area contributed by atoms with Gasteiger partial charge in [-0.1, -0.05) is 13.8 Å². The van der Waals surface area contributed by atoms with Crippen LogP contribution in [0.2, 0.25) is 0 Å². The Hall–Kier alpha value is -3.48. The Morgan fingerprint density at radius 1 is 1.00 bits per heavy atom. The third-order valence-electron chi connectivity index (χ3n) is 4.54. The number of rotatable bonds is 13. The average molecular weight is 454 g/mol. The number of hydrogen-bond donors (Lipinski definition) is 7. The fourth-order valence-electron chi connectivity index (χ4n) is 2.71. The molecule has 0 aliphatic carbocycles. The first kappa shape index (κ1) is 26.6. The zero-order valence-corrected chi connectivity index (χ0v) is 18.1. The minimum absolute atomic E-state index is 0.00130. The molecule has 4 unspecified atom stereocenters. The van der Waals surface area contributed by atoms with Crippen molar-refractivity contribution >= 4 is 29.7 Å². The van der Waals surface area contributed by atoms with E-state index in [0.29, 0.717) is 5.69 Å². The molecule has 4 atom stereocenters. The summed E-state index contributed by atoms with van der Waals surface area (Å²) in [6, 6.07) is -4.61. The van der Waals surface area contributed by atoms with E-state index in [2.05, 4.69) is 25.9 Å². The van der Waals surface area contributed by atoms with Crippen LogP contribution in [0.3, 0.4) is 0 Å². The molecule has 3 amide bonds. The first-order valence-corrected chi connectivity index (χ1v) is 10.0. The highest BCUT2D eigenvalue weighted by Crippen LogP contribution is 2.06. The van der Waals surface area contributed by atoms with E-state index in [1.54, 1.807) is 13.8 Å². The van der Waals surface area contributed by atoms with Gasteiger partial charge in [0.2, 0.25) is 17.7 Å². The molecule has 0 aromatic carbocycles. The minimum Gasteiger partial charge on any atom is -0.481 e. The van der Waals surface area contributed by atoms with Gasteiger partial charge in [0.1, 0.15) is 18.1 Å². The van der Waals surface area contributed by atoms with Gasteiger partial charge in [-0.2, -0.15) is 0 Å². The molecule has 0 aliphatic heterocycles. The summed E-state index contributed by atoms with van der Waals surface area (Å²) in [6.07, 6.45) is 2.11. The van der Waals surface area contributed by atoms with E-state index in [0.717, 1.165) is 0 Å². The largest absolute Gasteiger partial charge is 0.481 e. The molecule has 8 N–H and O–H groups in total. The second-order valence-corrected chi connectivity index (χ2v) is 7.69. The van der Waals surface area contributed by atoms with Crippen molar-refractivity contribution in [2.75, 3.05) is 0 Å². The van der Waals surface area contributed by atoms with E-state index in [1.807, 2.05) is 0 Å². The second-order valence-electron chi connectivity index (χ2n) is 7.69. The summed E-state index contributed by atoms with van der Waals surface area (Å²) in [6.45, 7) is 4.61. The summed E-state index contributed by atoms with van der Waals surface area (Å²) in [7, 11) is 0. The first-order chi connectivity index (χ1) is 14.9. The number of nitrogens with one attached hydrogen (secondary N) is 4. The second kappa shape index (κ2) is 12.4. The van der Waals surface area contributed by atoms with Crippen LogP contribution < -0.4 is 21.7 Å². The number of carboxylic acids is 2. The number of nitrogens with two attached hydrogens (primary N) is 1. The van der Waals surface area contributed by atoms with Gasteiger partial charge in [-0.3, -0.25) is 19.2 Å². The summed E-state index contributed by atoms with van der Waals surface area (Å²) in [5, 5.41) is 25.5. The predicted octanol–water partition coefficient (Wildman–Crippen LogP) is -1.64. The molecule has 178 valence electrons. The summed E-state index contributed by atoms with van der Waals surface area (Å²) in [4.78, 5) is 66.7. The van der Waals surface area contributed by atoms with Crippen LogP contribution in [0.5, 0.6) is 0 Å². The van der Waals surface area contributed by atoms with Crippen molar-refractivity contribution in [3.63, 3.8) is 0 Å². The number of amides is 3. The van der Waals surface area contributed by atoms with Gasteiger partial charge < -0.3 is 36.9 Å². The highest BCUT2D eigenvalue weighted by atomic mass is 16.4. The Morgan fingerprint density at radius 3 is 2.06 bits per heavy atom. The zero-order valence-electron chi connectivity index (χ0n) is 18.1. The van der Waals surface area contributed by atoms with Crippen LogP contribution >= 0.6 is 0 Å². The first-order valence-electron chi connectivity index (χ1n) is 10.0. The van der Waals surface area contributed by atoms with Crippen LogP contribution in [-0.4, -0.2) is 74.0 Å². The topological polar surface area (TPSA) is 217 Å². The highest BCUT2D eigenvalue weighted by molar-refractivity contribution is 5.94. The number of H-pyrrole nitrogens is 1. The standard InChI is InChI=1S/C19H30N6O7/c1-9(2)15(19(31)32)25-17(29)12(4-5-14(26)27)23-18(30)13(24-16(28)10(3)20)6-11-7-21-8-22-11/h7-10,12-13,15H,4-6,20H2,1-3H3,(H,21,22)(H,23,30)(H,24,28)(H,25,29)(H,26,27)(H,31,32). The van der Waals surface area contributed by atoms with E-state index in [-0.39, 0.29) is 12.8 Å². The molecule has 13 heteroatoms. The van der Waals surface area contributed by atoms with E-state index >= 15 is 0 Å². The summed E-state index contributed by atoms with van der Waals surface area (Å²) in [5.41, 5.74) is 6.07. The maximum absolute atomic E-state index is 12.9. The fourth-order valence-corrected chi connectivity index (χ4v) is 2.71. The van der Waals surface area contributed by atoms with Crippen LogP contribution in [0.15, 0.2) is 12.5 Å². The quantitative estimate of drug-likeness (QED) is 0.181. The van der Waals surface area contributed by atoms with Crippen molar-refractivity contribution < 1.29 is 34.2 Å². The number of aromatic amines is 1. The lowest BCUT2D eigenvalue weighted by Crippen LogP contribution is -2.58. The van der Waals surface area contributed by atoms with Gasteiger partial charge in [0.25, 0.3) is 0 Å². The molecule has 1 heterocycles. The van der Waals surface area contributed by atoms with Gasteiger partial charge in [0.05, 0.1) is 12.4 Å². The number of carbonyl (C=O) groups is 5. The van der Waals surface area contributed by atoms with Crippen molar-refractivity contribution in [2.45, 2.75) is 64.2 Å². The molecule has 32 heavy (non-hydrogen) atoms. The molecule has 0 spiro atoms. The Labute approximate surface area is 184 Å². The van der Waals surface area contributed by atoms with E-state index in [4.69, 9.17) is 10.8 Å². The Balaban J connectivity index is 3.04. The van der Waals surface area contributed by atoms with E-state index in [1.165, 1.54) is 19.4 Å². The Bertz CT molecular complexity index is 809. The van der Waals surface area contributed by atoms with Gasteiger partial charge in [-0.05, 0) is 19.3 Å². The Morgan fingerprint density at radius 2 is 1.59 bits per heavy atom. The van der Waals surface area contributed by atoms with Crippen LogP contribution in [0, 0.1) is 5.92 Å². The third kappa shape index (κ3) is 8.71. The Kier molecular flexibility index (Phi) is 10.3. The SMILES string of the molecule is CC(N)C(=O)NC(Cc1cnc[nH]1)C(=O)NC(CCC(=O)O)C(=O)NC(C(=O)O)C(C)C. The normalized spacial score (nSPS) is 14.7. The molecular weight excluding hydrogens is 424 g/mol. The molecule has 1 aromatic rings. The van der Waals surface area contributed by atoms with Gasteiger partial charge >= 0.3 is 11.9 Å². The zero-order chi connectivity index (χ0) is 24.4. The lowest BCUT2D eigenvalue weighted by molar-refractivity contribution is -0.144. The van der Waals surface area contributed by atoms with Crippen molar-refractivity contribution in [3.8, 4) is 0 Å². The summed E-state index contributed by atoms with van der Waals surface area (Å²) in [5.74, 6) is -5.14. The molecule has 0 bridgehead atoms. The van der Waals surface area contributed by atoms with Crippen molar-refractivity contribution in [1.29, 1.82) is 0 Å². The van der Waals surface area contributed by atoms with Gasteiger partial charge in [-0.15, -0.1) is 0 Å². The van der Waals surface area contributed by atoms with Gasteiger partial charge in [0, 0.05) is 24.7 Å². The lowest BCUT2D eigenvalue weighted by Gasteiger charge is -2.25. The summed E-state index contributed by atoms with van der Waals surface area (Å²) >= 11 is 0. The highest BCUT2D eigenvalue weighted by Gasteiger charge is 2.31. The number of hydrogen-bond acceptors (Lipinski definition) is 7. The number of carbonyl (C=O) groups excluding carboxylic acids is 3. The number of imidazole rings is 1. The fraction of sp³-hybridized carbons (Fsp3) is 0.579. The third-order valence-corrected chi connectivity index (χ3v) is 4.54. The number of aliphatic carboxylic acids is 2. The van der Waals surface area contributed by atoms with Gasteiger partial charge in [0.15, 0.2) is 0 Å². The van der Waals surface area contributed by atoms with Crippen LogP contribution in [0.25, 0.3) is 0 Å². The molecule has 1 aromatic heterocycles. The van der Waals surface area contributed by atoms with E-state index < -0.39 is 66.2 Å². The lowest BCUT2D eigenvalue weighted by atomic mass is 10.0. The van der Waals surface area contributed by atoms with Crippen LogP contribution in [-0.2, 0) is 30.4 Å². The number of aromatic nitrogens is 2. The maximum Gasteiger partial charge on any atom is 0.326 e. The maximum atomic E-state index is 12.9. The number of nitrogens with zero attached hydrogens (tertiary/aromatic N) is 1. The van der Waals surface area contributed by atoms with Crippen molar-refractivity contribution in [2.24, 2.45) is 11.7 Å². The van der Waals surface area contributed by atoms with Crippen molar-refractivity contribution in [1.82, 2.24) is 25.9 Å². The monoisotopic (exact) mass is 454 g/mol. The number of carboxylic acid groups (broad SMARTS) is 2. The summed E-state index contributed by atoms with van der Waals surface area (Å²) < 4.78 is 0. The molecule has 1 rings (SSSR count). The average Bonchev–Trinajstić information content (AvgIpc) is 3.20. The molecule has 0 fully saturated rings. The van der Waals surface area contributed by atoms with Crippen LogP contribution in [0.1, 0.15) is 39.3 Å². The molecule has 0 saturated carbocycles. The molecule has 13 nitrogen and oxygen atoms in total. The molecule has 0 radical (unpaired) electrons. The minimum atomic E-state index is -1.34. The molecule has 0 aliphatic rings. The van der Waals surface area contributed by atoms with Crippen LogP contribution in [0.4, 0.5) is 0 Å².